The minimum Gasteiger partial charge on any atom is -0.492 e. The van der Waals surface area contributed by atoms with E-state index in [1.165, 1.54) is 28.8 Å². The minimum atomic E-state index is -4.20. The first-order valence-electron chi connectivity index (χ1n) is 14.0. The summed E-state index contributed by atoms with van der Waals surface area (Å²) in [5.74, 6) is -0.249. The van der Waals surface area contributed by atoms with Crippen molar-refractivity contribution >= 4 is 39.3 Å². The first-order chi connectivity index (χ1) is 20.0. The maximum absolute atomic E-state index is 14.1. The first-order valence-corrected chi connectivity index (χ1v) is 16.7. The fourth-order valence-electron chi connectivity index (χ4n) is 4.37. The van der Waals surface area contributed by atoms with Gasteiger partial charge >= 0.3 is 0 Å². The van der Waals surface area contributed by atoms with Crippen molar-refractivity contribution in [1.82, 2.24) is 10.2 Å². The van der Waals surface area contributed by atoms with Crippen molar-refractivity contribution in [2.75, 3.05) is 30.3 Å². The second-order valence-electron chi connectivity index (χ2n) is 10.4. The third-order valence-corrected chi connectivity index (χ3v) is 9.16. The highest BCUT2D eigenvalue weighted by atomic mass is 32.2. The van der Waals surface area contributed by atoms with Crippen LogP contribution in [0.4, 0.5) is 5.69 Å². The number of sulfonamides is 1. The molecule has 3 aromatic carbocycles. The fourth-order valence-corrected chi connectivity index (χ4v) is 6.20. The summed E-state index contributed by atoms with van der Waals surface area (Å²) in [4.78, 5) is 29.7. The van der Waals surface area contributed by atoms with Gasteiger partial charge in [-0.1, -0.05) is 55.8 Å². The summed E-state index contributed by atoms with van der Waals surface area (Å²) in [6.45, 7) is 9.80. The van der Waals surface area contributed by atoms with Gasteiger partial charge in [0.2, 0.25) is 11.8 Å². The highest BCUT2D eigenvalue weighted by Gasteiger charge is 2.33. The lowest BCUT2D eigenvalue weighted by molar-refractivity contribution is -0.139. The molecule has 0 saturated carbocycles. The predicted octanol–water partition coefficient (Wildman–Crippen LogP) is 5.50. The zero-order chi connectivity index (χ0) is 30.9. The number of thioether (sulfide) groups is 1. The SMILES string of the molecule is CCOc1ccccc1N(CC(=O)N(Cc1cccc(C)c1)[C@H](C)C(=O)NCC(C)C)S(=O)(=O)c1ccc(SC)cc1. The number of amides is 2. The molecule has 0 fully saturated rings. The molecule has 8 nitrogen and oxygen atoms in total. The van der Waals surface area contributed by atoms with E-state index in [0.717, 1.165) is 20.3 Å². The molecular formula is C32H41N3O5S2. The number of carbonyl (C=O) groups excluding carboxylic acids is 2. The van der Waals surface area contributed by atoms with Gasteiger partial charge in [0.1, 0.15) is 18.3 Å². The molecule has 0 heterocycles. The Morgan fingerprint density at radius 3 is 2.29 bits per heavy atom. The fraction of sp³-hybridized carbons (Fsp3) is 0.375. The second kappa shape index (κ2) is 15.1. The molecule has 0 bridgehead atoms. The van der Waals surface area contributed by atoms with Crippen molar-refractivity contribution < 1.29 is 22.7 Å². The number of anilines is 1. The average molecular weight is 612 g/mol. The van der Waals surface area contributed by atoms with Crippen LogP contribution in [0, 0.1) is 12.8 Å². The summed E-state index contributed by atoms with van der Waals surface area (Å²) in [7, 11) is -4.20. The van der Waals surface area contributed by atoms with Gasteiger partial charge in [-0.3, -0.25) is 13.9 Å². The van der Waals surface area contributed by atoms with Crippen molar-refractivity contribution in [1.29, 1.82) is 0 Å². The largest absolute Gasteiger partial charge is 0.492 e. The molecule has 2 amide bonds. The van der Waals surface area contributed by atoms with Crippen LogP contribution < -0.4 is 14.4 Å². The van der Waals surface area contributed by atoms with Gasteiger partial charge in [-0.15, -0.1) is 11.8 Å². The van der Waals surface area contributed by atoms with E-state index in [4.69, 9.17) is 4.74 Å². The first kappa shape index (κ1) is 33.0. The molecule has 0 unspecified atom stereocenters. The van der Waals surface area contributed by atoms with Crippen molar-refractivity contribution in [3.05, 3.63) is 83.9 Å². The molecule has 0 aliphatic rings. The lowest BCUT2D eigenvalue weighted by Gasteiger charge is -2.32. The zero-order valence-corrected chi connectivity index (χ0v) is 26.8. The van der Waals surface area contributed by atoms with Crippen LogP contribution in [0.15, 0.2) is 82.6 Å². The van der Waals surface area contributed by atoms with Gasteiger partial charge in [0.15, 0.2) is 0 Å². The molecule has 0 aliphatic heterocycles. The van der Waals surface area contributed by atoms with Gasteiger partial charge < -0.3 is 15.0 Å². The number of nitrogens with one attached hydrogen (secondary N) is 1. The van der Waals surface area contributed by atoms with Gasteiger partial charge in [0.05, 0.1) is 17.2 Å². The topological polar surface area (TPSA) is 96.0 Å². The number of hydrogen-bond acceptors (Lipinski definition) is 6. The maximum Gasteiger partial charge on any atom is 0.264 e. The van der Waals surface area contributed by atoms with Crippen LogP contribution in [-0.4, -0.2) is 57.1 Å². The van der Waals surface area contributed by atoms with E-state index in [-0.39, 0.29) is 29.0 Å². The molecule has 10 heteroatoms. The number of benzene rings is 3. The molecule has 1 N–H and O–H groups in total. The molecule has 42 heavy (non-hydrogen) atoms. The van der Waals surface area contributed by atoms with Gasteiger partial charge in [-0.05, 0) is 74.9 Å². The summed E-state index contributed by atoms with van der Waals surface area (Å²) >= 11 is 1.50. The Morgan fingerprint density at radius 2 is 1.67 bits per heavy atom. The third-order valence-electron chi connectivity index (χ3n) is 6.65. The van der Waals surface area contributed by atoms with Crippen molar-refractivity contribution in [3.8, 4) is 5.75 Å². The van der Waals surface area contributed by atoms with E-state index < -0.39 is 28.5 Å². The second-order valence-corrected chi connectivity index (χ2v) is 13.2. The summed E-state index contributed by atoms with van der Waals surface area (Å²) in [5.41, 5.74) is 2.10. The molecule has 1 atom stereocenters. The van der Waals surface area contributed by atoms with Gasteiger partial charge in [-0.2, -0.15) is 0 Å². The Balaban J connectivity index is 2.07. The Bertz CT molecular complexity index is 1460. The van der Waals surface area contributed by atoms with E-state index >= 15 is 0 Å². The number of nitrogens with zero attached hydrogens (tertiary/aromatic N) is 2. The molecular weight excluding hydrogens is 571 g/mol. The summed E-state index contributed by atoms with van der Waals surface area (Å²) in [6, 6.07) is 20.1. The molecule has 0 aliphatic carbocycles. The Labute approximate surface area is 254 Å². The van der Waals surface area contributed by atoms with E-state index in [0.29, 0.717) is 18.9 Å². The minimum absolute atomic E-state index is 0.0485. The average Bonchev–Trinajstić information content (AvgIpc) is 2.97. The van der Waals surface area contributed by atoms with Crippen molar-refractivity contribution in [2.24, 2.45) is 5.92 Å². The quantitative estimate of drug-likeness (QED) is 0.242. The lowest BCUT2D eigenvalue weighted by atomic mass is 10.1. The normalized spacial score (nSPS) is 12.1. The van der Waals surface area contributed by atoms with Crippen LogP contribution in [0.25, 0.3) is 0 Å². The number of para-hydroxylation sites is 2. The lowest BCUT2D eigenvalue weighted by Crippen LogP contribution is -2.51. The van der Waals surface area contributed by atoms with Crippen LogP contribution in [0.5, 0.6) is 5.75 Å². The van der Waals surface area contributed by atoms with Crippen molar-refractivity contribution in [3.63, 3.8) is 0 Å². The smallest absolute Gasteiger partial charge is 0.264 e. The molecule has 3 aromatic rings. The summed E-state index contributed by atoms with van der Waals surface area (Å²) < 4.78 is 35.1. The van der Waals surface area contributed by atoms with Crippen LogP contribution in [0.2, 0.25) is 0 Å². The van der Waals surface area contributed by atoms with Crippen LogP contribution in [-0.2, 0) is 26.2 Å². The highest BCUT2D eigenvalue weighted by molar-refractivity contribution is 7.98. The van der Waals surface area contributed by atoms with E-state index in [1.54, 1.807) is 43.3 Å². The summed E-state index contributed by atoms with van der Waals surface area (Å²) in [6.07, 6.45) is 1.91. The number of carbonyl (C=O) groups is 2. The predicted molar refractivity (Wildman–Crippen MR) is 169 cm³/mol. The third kappa shape index (κ3) is 8.51. The molecule has 0 spiro atoms. The van der Waals surface area contributed by atoms with E-state index in [2.05, 4.69) is 5.32 Å². The number of hydrogen-bond donors (Lipinski definition) is 1. The van der Waals surface area contributed by atoms with E-state index in [9.17, 15) is 18.0 Å². The van der Waals surface area contributed by atoms with Gasteiger partial charge in [-0.25, -0.2) is 8.42 Å². The Hall–Kier alpha value is -3.50. The van der Waals surface area contributed by atoms with Gasteiger partial charge in [0, 0.05) is 18.0 Å². The van der Waals surface area contributed by atoms with Crippen LogP contribution in [0.1, 0.15) is 38.8 Å². The Kier molecular flexibility index (Phi) is 11.9. The highest BCUT2D eigenvalue weighted by Crippen LogP contribution is 2.33. The van der Waals surface area contributed by atoms with E-state index in [1.807, 2.05) is 58.2 Å². The molecule has 0 aromatic heterocycles. The number of ether oxygens (including phenoxy) is 1. The monoisotopic (exact) mass is 611 g/mol. The van der Waals surface area contributed by atoms with Crippen molar-refractivity contribution in [2.45, 2.75) is 57.0 Å². The molecule has 226 valence electrons. The molecule has 0 radical (unpaired) electrons. The number of aryl methyl sites for hydroxylation is 1. The van der Waals surface area contributed by atoms with Crippen LogP contribution >= 0.6 is 11.8 Å². The van der Waals surface area contributed by atoms with Crippen LogP contribution in [0.3, 0.4) is 0 Å². The standard InChI is InChI=1S/C32H41N3O5S2/c1-7-40-30-14-9-8-13-29(30)35(42(38,39)28-17-15-27(41-6)16-18-28)22-31(36)34(21-26-12-10-11-24(4)19-26)25(5)32(37)33-20-23(2)3/h8-19,23,25H,7,20-22H2,1-6H3,(H,33,37)/t25-/m1/s1. The Morgan fingerprint density at radius 1 is 0.976 bits per heavy atom. The zero-order valence-electron chi connectivity index (χ0n) is 25.2. The maximum atomic E-state index is 14.1. The molecule has 0 saturated heterocycles. The summed E-state index contributed by atoms with van der Waals surface area (Å²) in [5, 5.41) is 2.91. The van der Waals surface area contributed by atoms with Gasteiger partial charge in [0.25, 0.3) is 10.0 Å². The molecule has 3 rings (SSSR count). The number of rotatable bonds is 14.